The van der Waals surface area contributed by atoms with Crippen LogP contribution < -0.4 is 5.48 Å². The van der Waals surface area contributed by atoms with Crippen molar-refractivity contribution in [2.45, 2.75) is 26.9 Å². The predicted octanol–water partition coefficient (Wildman–Crippen LogP) is 0.993. The Balaban J connectivity index is 3.63. The first-order valence-electron chi connectivity index (χ1n) is 3.81. The number of hydrogen-bond acceptors (Lipinski definition) is 4. The quantitative estimate of drug-likeness (QED) is 0.497. The van der Waals surface area contributed by atoms with E-state index in [1.165, 1.54) is 0 Å². The van der Waals surface area contributed by atoms with Crippen molar-refractivity contribution in [3.8, 4) is 0 Å². The highest BCUT2D eigenvalue weighted by molar-refractivity contribution is 5.74. The Morgan fingerprint density at radius 2 is 2.25 bits per heavy atom. The molecule has 0 fully saturated rings. The van der Waals surface area contributed by atoms with Gasteiger partial charge in [-0.2, -0.15) is 0 Å². The third-order valence-corrected chi connectivity index (χ3v) is 1.03. The molecule has 0 aliphatic heterocycles. The molecule has 0 spiro atoms. The first kappa shape index (κ1) is 11.0. The van der Waals surface area contributed by atoms with Gasteiger partial charge in [0.05, 0.1) is 6.61 Å². The predicted molar refractivity (Wildman–Crippen MR) is 45.1 cm³/mol. The van der Waals surface area contributed by atoms with Gasteiger partial charge in [-0.3, -0.25) is 10.3 Å². The Labute approximate surface area is 72.5 Å². The molecule has 0 rings (SSSR count). The number of esters is 1. The second kappa shape index (κ2) is 5.60. The summed E-state index contributed by atoms with van der Waals surface area (Å²) in [6, 6.07) is 0. The van der Waals surface area contributed by atoms with Crippen molar-refractivity contribution in [3.05, 3.63) is 12.3 Å². The normalized spacial score (nSPS) is 11.9. The molecule has 0 aliphatic rings. The van der Waals surface area contributed by atoms with E-state index in [-0.39, 0.29) is 5.97 Å². The zero-order chi connectivity index (χ0) is 9.56. The van der Waals surface area contributed by atoms with Gasteiger partial charge in [0.25, 0.3) is 0 Å². The number of carbonyl (C=O) groups is 1. The molecule has 12 heavy (non-hydrogen) atoms. The molecule has 1 atom stereocenters. The van der Waals surface area contributed by atoms with Gasteiger partial charge in [-0.1, -0.05) is 6.58 Å². The molecule has 0 saturated heterocycles. The summed E-state index contributed by atoms with van der Waals surface area (Å²) in [4.78, 5) is 15.8. The minimum Gasteiger partial charge on any atom is -0.464 e. The van der Waals surface area contributed by atoms with E-state index < -0.39 is 6.10 Å². The van der Waals surface area contributed by atoms with Crippen LogP contribution in [-0.4, -0.2) is 18.7 Å². The molecule has 0 radical (unpaired) electrons. The number of carbonyl (C=O) groups excluding carboxylic acids is 1. The van der Waals surface area contributed by atoms with Gasteiger partial charge in [0.2, 0.25) is 0 Å². The fourth-order valence-corrected chi connectivity index (χ4v) is 0.497. The highest BCUT2D eigenvalue weighted by Crippen LogP contribution is 1.93. The smallest absolute Gasteiger partial charge is 0.337 e. The van der Waals surface area contributed by atoms with Crippen LogP contribution in [0.4, 0.5) is 0 Å². The van der Waals surface area contributed by atoms with E-state index in [0.717, 1.165) is 0 Å². The summed E-state index contributed by atoms with van der Waals surface area (Å²) in [7, 11) is 0. The van der Waals surface area contributed by atoms with E-state index in [1.54, 1.807) is 20.8 Å². The van der Waals surface area contributed by atoms with Crippen LogP contribution >= 0.6 is 0 Å². The maximum absolute atomic E-state index is 10.9. The van der Waals surface area contributed by atoms with Crippen LogP contribution in [0.2, 0.25) is 0 Å². The molecule has 70 valence electrons. The average molecular weight is 173 g/mol. The minimum absolute atomic E-state index is 0.361. The molecular weight excluding hydrogens is 158 g/mol. The number of nitrogens with one attached hydrogen (secondary N) is 1. The summed E-state index contributed by atoms with van der Waals surface area (Å²) in [6.07, 6.45) is -0.610. The van der Waals surface area contributed by atoms with Crippen molar-refractivity contribution in [3.63, 3.8) is 0 Å². The van der Waals surface area contributed by atoms with E-state index >= 15 is 0 Å². The summed E-state index contributed by atoms with van der Waals surface area (Å²) in [5, 5.41) is 0. The van der Waals surface area contributed by atoms with Crippen molar-refractivity contribution >= 4 is 5.97 Å². The summed E-state index contributed by atoms with van der Waals surface area (Å²) >= 11 is 0. The van der Waals surface area contributed by atoms with Crippen LogP contribution in [0.15, 0.2) is 12.3 Å². The zero-order valence-corrected chi connectivity index (χ0v) is 7.72. The summed E-state index contributed by atoms with van der Waals surface area (Å²) in [5.74, 6) is -0.383. The zero-order valence-electron chi connectivity index (χ0n) is 7.72. The van der Waals surface area contributed by atoms with Crippen molar-refractivity contribution < 1.29 is 14.4 Å². The van der Waals surface area contributed by atoms with Gasteiger partial charge in [-0.15, -0.1) is 0 Å². The molecule has 0 aromatic carbocycles. The van der Waals surface area contributed by atoms with E-state index in [2.05, 4.69) is 12.1 Å². The topological polar surface area (TPSA) is 47.6 Å². The van der Waals surface area contributed by atoms with Crippen molar-refractivity contribution in [2.24, 2.45) is 0 Å². The summed E-state index contributed by atoms with van der Waals surface area (Å²) in [6.45, 7) is 8.99. The largest absolute Gasteiger partial charge is 0.464 e. The molecule has 1 N–H and O–H groups in total. The second-order valence-electron chi connectivity index (χ2n) is 2.39. The molecule has 4 nitrogen and oxygen atoms in total. The third kappa shape index (κ3) is 4.73. The summed E-state index contributed by atoms with van der Waals surface area (Å²) < 4.78 is 4.70. The summed E-state index contributed by atoms with van der Waals surface area (Å²) in [5.41, 5.74) is 3.13. The Bertz CT molecular complexity index is 168. The van der Waals surface area contributed by atoms with Gasteiger partial charge in [0.1, 0.15) is 0 Å². The molecule has 4 heteroatoms. The number of allylic oxidation sites excluding steroid dienone is 1. The van der Waals surface area contributed by atoms with Crippen molar-refractivity contribution in [1.29, 1.82) is 0 Å². The fraction of sp³-hybridized carbons (Fsp3) is 0.625. The Morgan fingerprint density at radius 1 is 1.67 bits per heavy atom. The van der Waals surface area contributed by atoms with Gasteiger partial charge in [-0.25, -0.2) is 4.79 Å². The Hall–Kier alpha value is -1.03. The number of hydroxylamine groups is 1. The minimum atomic E-state index is -0.610. The number of rotatable bonds is 5. The highest BCUT2D eigenvalue weighted by atomic mass is 16.7. The van der Waals surface area contributed by atoms with Crippen molar-refractivity contribution in [2.75, 3.05) is 6.61 Å². The SMILES string of the molecule is C=C(C)NOC(C)C(=O)OCC. The lowest BCUT2D eigenvalue weighted by Gasteiger charge is -2.12. The number of hydrogen-bond donors (Lipinski definition) is 1. The van der Waals surface area contributed by atoms with E-state index in [4.69, 9.17) is 9.57 Å². The second-order valence-corrected chi connectivity index (χ2v) is 2.39. The standard InChI is InChI=1S/C8H15NO3/c1-5-11-8(10)7(4)12-9-6(2)3/h7,9H,2,5H2,1,3-4H3. The van der Waals surface area contributed by atoms with Gasteiger partial charge >= 0.3 is 5.97 Å². The van der Waals surface area contributed by atoms with Gasteiger partial charge in [0.15, 0.2) is 6.10 Å². The van der Waals surface area contributed by atoms with Crippen LogP contribution in [0.3, 0.4) is 0 Å². The fourth-order valence-electron chi connectivity index (χ4n) is 0.497. The van der Waals surface area contributed by atoms with Crippen LogP contribution in [0.1, 0.15) is 20.8 Å². The lowest BCUT2D eigenvalue weighted by molar-refractivity contribution is -0.159. The Morgan fingerprint density at radius 3 is 2.67 bits per heavy atom. The van der Waals surface area contributed by atoms with Crippen LogP contribution in [-0.2, 0) is 14.4 Å². The van der Waals surface area contributed by atoms with E-state index in [1.807, 2.05) is 0 Å². The van der Waals surface area contributed by atoms with Gasteiger partial charge < -0.3 is 4.74 Å². The lowest BCUT2D eigenvalue weighted by atomic mass is 10.4. The molecule has 0 amide bonds. The monoisotopic (exact) mass is 173 g/mol. The molecule has 0 saturated carbocycles. The molecule has 0 aliphatic carbocycles. The first-order chi connectivity index (χ1) is 5.57. The van der Waals surface area contributed by atoms with Crippen molar-refractivity contribution in [1.82, 2.24) is 5.48 Å². The molecule has 0 aromatic heterocycles. The molecule has 1 unspecified atom stereocenters. The molecule has 0 aromatic rings. The van der Waals surface area contributed by atoms with Gasteiger partial charge in [0, 0.05) is 5.70 Å². The molecule has 0 bridgehead atoms. The van der Waals surface area contributed by atoms with Crippen LogP contribution in [0.5, 0.6) is 0 Å². The maximum atomic E-state index is 10.9. The first-order valence-corrected chi connectivity index (χ1v) is 3.81. The Kier molecular flexibility index (Phi) is 5.12. The molecular formula is C8H15NO3. The van der Waals surface area contributed by atoms with Crippen LogP contribution in [0.25, 0.3) is 0 Å². The molecule has 0 heterocycles. The van der Waals surface area contributed by atoms with E-state index in [0.29, 0.717) is 12.3 Å². The van der Waals surface area contributed by atoms with Crippen LogP contribution in [0, 0.1) is 0 Å². The average Bonchev–Trinajstić information content (AvgIpc) is 2.00. The third-order valence-electron chi connectivity index (χ3n) is 1.03. The number of ether oxygens (including phenoxy) is 1. The maximum Gasteiger partial charge on any atom is 0.337 e. The van der Waals surface area contributed by atoms with E-state index in [9.17, 15) is 4.79 Å². The highest BCUT2D eigenvalue weighted by Gasteiger charge is 2.14. The van der Waals surface area contributed by atoms with Gasteiger partial charge in [-0.05, 0) is 20.8 Å². The lowest BCUT2D eigenvalue weighted by Crippen LogP contribution is -2.28.